The van der Waals surface area contributed by atoms with Gasteiger partial charge in [-0.3, -0.25) is 0 Å². The molecule has 1 aromatic rings. The summed E-state index contributed by atoms with van der Waals surface area (Å²) in [6.07, 6.45) is 1.28. The van der Waals surface area contributed by atoms with Crippen molar-refractivity contribution >= 4 is 16.0 Å². The molecular weight excluding hydrogens is 260 g/mol. The van der Waals surface area contributed by atoms with E-state index in [1.54, 1.807) is 0 Å². The maximum atomic E-state index is 12.1. The zero-order valence-corrected chi connectivity index (χ0v) is 11.3. The van der Waals surface area contributed by atoms with Crippen LogP contribution in [0.5, 0.6) is 0 Å². The van der Waals surface area contributed by atoms with Crippen molar-refractivity contribution in [2.75, 3.05) is 27.3 Å². The fraction of sp³-hybridized carbons (Fsp3) is 0.500. The van der Waals surface area contributed by atoms with Crippen LogP contribution >= 0.6 is 0 Å². The predicted molar refractivity (Wildman–Crippen MR) is 64.1 cm³/mol. The molecule has 0 aromatic carbocycles. The van der Waals surface area contributed by atoms with Crippen LogP contribution in [0.2, 0.25) is 0 Å². The number of aryl methyl sites for hydroxylation is 1. The lowest BCUT2D eigenvalue weighted by Crippen LogP contribution is -2.29. The van der Waals surface area contributed by atoms with Gasteiger partial charge in [0.2, 0.25) is 10.0 Å². The van der Waals surface area contributed by atoms with Crippen LogP contribution in [-0.4, -0.2) is 55.7 Å². The molecule has 0 aliphatic rings. The van der Waals surface area contributed by atoms with Crippen LogP contribution in [0.25, 0.3) is 0 Å². The van der Waals surface area contributed by atoms with Gasteiger partial charge in [0.05, 0.1) is 6.61 Å². The fourth-order valence-electron chi connectivity index (χ4n) is 1.41. The summed E-state index contributed by atoms with van der Waals surface area (Å²) < 4.78 is 31.4. The van der Waals surface area contributed by atoms with Crippen molar-refractivity contribution < 1.29 is 23.1 Å². The summed E-state index contributed by atoms with van der Waals surface area (Å²) in [4.78, 5) is 10.8. The molecule has 0 saturated carbocycles. The van der Waals surface area contributed by atoms with Gasteiger partial charge in [-0.15, -0.1) is 0 Å². The second kappa shape index (κ2) is 5.51. The van der Waals surface area contributed by atoms with E-state index in [0.717, 1.165) is 10.4 Å². The van der Waals surface area contributed by atoms with E-state index in [9.17, 15) is 13.2 Å². The largest absolute Gasteiger partial charge is 0.477 e. The molecule has 1 N–H and O–H groups in total. The van der Waals surface area contributed by atoms with E-state index < -0.39 is 16.0 Å². The molecule has 0 aliphatic heterocycles. The normalized spacial score (nSPS) is 12.0. The number of rotatable bonds is 6. The molecule has 0 bridgehead atoms. The fourth-order valence-corrected chi connectivity index (χ4v) is 2.63. The SMILES string of the molecule is COCCN(C)S(=O)(=O)c1cc(C(=O)O)n(C)c1. The van der Waals surface area contributed by atoms with E-state index in [1.165, 1.54) is 32.0 Å². The van der Waals surface area contributed by atoms with Crippen LogP contribution in [0.15, 0.2) is 17.2 Å². The van der Waals surface area contributed by atoms with Crippen LogP contribution in [-0.2, 0) is 21.8 Å². The summed E-state index contributed by atoms with van der Waals surface area (Å²) in [5.74, 6) is -1.17. The Kier molecular flexibility index (Phi) is 4.49. The number of nitrogens with zero attached hydrogens (tertiary/aromatic N) is 2. The molecule has 7 nitrogen and oxygen atoms in total. The van der Waals surface area contributed by atoms with Gasteiger partial charge in [0, 0.05) is 33.9 Å². The van der Waals surface area contributed by atoms with Gasteiger partial charge in [0.15, 0.2) is 0 Å². The summed E-state index contributed by atoms with van der Waals surface area (Å²) >= 11 is 0. The van der Waals surface area contributed by atoms with Crippen LogP contribution < -0.4 is 0 Å². The number of aromatic nitrogens is 1. The highest BCUT2D eigenvalue weighted by atomic mass is 32.2. The van der Waals surface area contributed by atoms with Crippen molar-refractivity contribution in [1.82, 2.24) is 8.87 Å². The van der Waals surface area contributed by atoms with Crippen LogP contribution in [0.4, 0.5) is 0 Å². The zero-order chi connectivity index (χ0) is 13.9. The molecule has 0 radical (unpaired) electrons. The van der Waals surface area contributed by atoms with Crippen molar-refractivity contribution in [1.29, 1.82) is 0 Å². The first-order valence-corrected chi connectivity index (χ1v) is 6.59. The standard InChI is InChI=1S/C10H16N2O5S/c1-11-7-8(6-9(11)10(13)14)18(15,16)12(2)4-5-17-3/h6-7H,4-5H2,1-3H3,(H,13,14). The van der Waals surface area contributed by atoms with Crippen molar-refractivity contribution in [3.63, 3.8) is 0 Å². The highest BCUT2D eigenvalue weighted by Crippen LogP contribution is 2.17. The Hall–Kier alpha value is -1.38. The number of ether oxygens (including phenoxy) is 1. The lowest BCUT2D eigenvalue weighted by Gasteiger charge is -2.15. The third-order valence-corrected chi connectivity index (χ3v) is 4.34. The maximum absolute atomic E-state index is 12.1. The van der Waals surface area contributed by atoms with Gasteiger partial charge in [0.1, 0.15) is 10.6 Å². The Bertz CT molecular complexity index is 534. The van der Waals surface area contributed by atoms with Crippen LogP contribution in [0.1, 0.15) is 10.5 Å². The first-order valence-electron chi connectivity index (χ1n) is 5.15. The van der Waals surface area contributed by atoms with Crippen molar-refractivity contribution in [3.8, 4) is 0 Å². The number of carboxylic acids is 1. The third kappa shape index (κ3) is 2.89. The Morgan fingerprint density at radius 2 is 2.17 bits per heavy atom. The number of methoxy groups -OCH3 is 1. The monoisotopic (exact) mass is 276 g/mol. The molecule has 18 heavy (non-hydrogen) atoms. The number of aromatic carboxylic acids is 1. The number of carboxylic acid groups (broad SMARTS) is 1. The summed E-state index contributed by atoms with van der Waals surface area (Å²) in [6, 6.07) is 1.14. The second-order valence-corrected chi connectivity index (χ2v) is 5.84. The number of hydrogen-bond acceptors (Lipinski definition) is 4. The molecule has 0 atom stereocenters. The van der Waals surface area contributed by atoms with E-state index in [1.807, 2.05) is 0 Å². The molecule has 1 rings (SSSR count). The highest BCUT2D eigenvalue weighted by molar-refractivity contribution is 7.89. The number of sulfonamides is 1. The number of likely N-dealkylation sites (N-methyl/N-ethyl adjacent to an activating group) is 1. The van der Waals surface area contributed by atoms with Crippen molar-refractivity contribution in [2.24, 2.45) is 7.05 Å². The van der Waals surface area contributed by atoms with E-state index >= 15 is 0 Å². The molecule has 102 valence electrons. The Labute approximate surface area is 106 Å². The molecule has 8 heteroatoms. The van der Waals surface area contributed by atoms with Gasteiger partial charge < -0.3 is 14.4 Å². The summed E-state index contributed by atoms with van der Waals surface area (Å²) in [6.45, 7) is 0.477. The van der Waals surface area contributed by atoms with Gasteiger partial charge >= 0.3 is 5.97 Å². The lowest BCUT2D eigenvalue weighted by molar-refractivity contribution is 0.0686. The maximum Gasteiger partial charge on any atom is 0.352 e. The van der Waals surface area contributed by atoms with Gasteiger partial charge in [0.25, 0.3) is 0 Å². The van der Waals surface area contributed by atoms with Gasteiger partial charge in [-0.2, -0.15) is 4.31 Å². The summed E-state index contributed by atoms with van der Waals surface area (Å²) in [5, 5.41) is 8.88. The summed E-state index contributed by atoms with van der Waals surface area (Å²) in [7, 11) is 0.703. The van der Waals surface area contributed by atoms with Gasteiger partial charge in [-0.05, 0) is 6.07 Å². The first kappa shape index (κ1) is 14.7. The molecule has 0 saturated heterocycles. The smallest absolute Gasteiger partial charge is 0.352 e. The molecule has 0 unspecified atom stereocenters. The Balaban J connectivity index is 3.05. The van der Waals surface area contributed by atoms with Gasteiger partial charge in [-0.25, -0.2) is 13.2 Å². The average Bonchev–Trinajstić information content (AvgIpc) is 2.68. The zero-order valence-electron chi connectivity index (χ0n) is 10.5. The van der Waals surface area contributed by atoms with E-state index in [2.05, 4.69) is 0 Å². The Morgan fingerprint density at radius 1 is 1.56 bits per heavy atom. The molecule has 0 amide bonds. The van der Waals surface area contributed by atoms with Crippen LogP contribution in [0, 0.1) is 0 Å². The minimum absolute atomic E-state index is 0.0407. The Morgan fingerprint density at radius 3 is 2.61 bits per heavy atom. The quantitative estimate of drug-likeness (QED) is 0.789. The number of carbonyl (C=O) groups is 1. The van der Waals surface area contributed by atoms with Gasteiger partial charge in [-0.1, -0.05) is 0 Å². The second-order valence-electron chi connectivity index (χ2n) is 3.80. The van der Waals surface area contributed by atoms with Crippen LogP contribution in [0.3, 0.4) is 0 Å². The molecule has 1 aromatic heterocycles. The lowest BCUT2D eigenvalue weighted by atomic mass is 10.4. The van der Waals surface area contributed by atoms with E-state index in [-0.39, 0.29) is 23.7 Å². The topological polar surface area (TPSA) is 88.8 Å². The van der Waals surface area contributed by atoms with E-state index in [4.69, 9.17) is 9.84 Å². The minimum atomic E-state index is -3.68. The molecule has 0 spiro atoms. The minimum Gasteiger partial charge on any atom is -0.477 e. The molecule has 1 heterocycles. The molecule has 0 aliphatic carbocycles. The predicted octanol–water partition coefficient (Wildman–Crippen LogP) is -0.00980. The first-order chi connectivity index (χ1) is 8.30. The van der Waals surface area contributed by atoms with E-state index in [0.29, 0.717) is 0 Å². The summed E-state index contributed by atoms with van der Waals surface area (Å²) in [5.41, 5.74) is -0.0753. The van der Waals surface area contributed by atoms with Crippen molar-refractivity contribution in [3.05, 3.63) is 18.0 Å². The number of hydrogen-bond donors (Lipinski definition) is 1. The van der Waals surface area contributed by atoms with Crippen molar-refractivity contribution in [2.45, 2.75) is 4.90 Å². The third-order valence-electron chi connectivity index (χ3n) is 2.52. The molecule has 0 fully saturated rings. The molecular formula is C10H16N2O5S. The highest BCUT2D eigenvalue weighted by Gasteiger charge is 2.24. The average molecular weight is 276 g/mol.